The van der Waals surface area contributed by atoms with Gasteiger partial charge in [-0.05, 0) is 24.3 Å². The normalized spacial score (nSPS) is 10.4. The summed E-state index contributed by atoms with van der Waals surface area (Å²) in [5.74, 6) is 0.519. The van der Waals surface area contributed by atoms with Crippen molar-refractivity contribution in [2.75, 3.05) is 7.11 Å². The highest BCUT2D eigenvalue weighted by molar-refractivity contribution is 5.89. The molecule has 1 aromatic carbocycles. The van der Waals surface area contributed by atoms with Crippen molar-refractivity contribution in [2.24, 2.45) is 0 Å². The van der Waals surface area contributed by atoms with Gasteiger partial charge in [-0.3, -0.25) is 0 Å². The first-order chi connectivity index (χ1) is 9.76. The molecule has 2 heterocycles. The summed E-state index contributed by atoms with van der Waals surface area (Å²) in [6, 6.07) is 10.2. The zero-order valence-electron chi connectivity index (χ0n) is 10.7. The van der Waals surface area contributed by atoms with Gasteiger partial charge in [0.15, 0.2) is 5.65 Å². The van der Waals surface area contributed by atoms with Crippen molar-refractivity contribution in [3.05, 3.63) is 54.4 Å². The number of aromatic nitrogens is 3. The van der Waals surface area contributed by atoms with E-state index in [1.165, 1.54) is 7.11 Å². The van der Waals surface area contributed by atoms with Crippen molar-refractivity contribution >= 4 is 11.6 Å². The number of benzene rings is 1. The monoisotopic (exact) mass is 269 g/mol. The first-order valence-electron chi connectivity index (χ1n) is 5.93. The van der Waals surface area contributed by atoms with Crippen LogP contribution in [0.5, 0.6) is 11.6 Å². The Bertz CT molecular complexity index is 767. The highest BCUT2D eigenvalue weighted by atomic mass is 16.5. The highest BCUT2D eigenvalue weighted by Gasteiger charge is 2.07. The SMILES string of the molecule is COC(=O)c1cccc(Oc2ccc3nccn3n2)c1. The summed E-state index contributed by atoms with van der Waals surface area (Å²) in [6.45, 7) is 0. The number of nitrogens with zero attached hydrogens (tertiary/aromatic N) is 3. The molecule has 0 amide bonds. The topological polar surface area (TPSA) is 65.7 Å². The Morgan fingerprint density at radius 1 is 1.25 bits per heavy atom. The molecule has 6 nitrogen and oxygen atoms in total. The van der Waals surface area contributed by atoms with Crippen LogP contribution in [-0.2, 0) is 4.74 Å². The number of imidazole rings is 1. The quantitative estimate of drug-likeness (QED) is 0.682. The van der Waals surface area contributed by atoms with Crippen LogP contribution in [0.2, 0.25) is 0 Å². The summed E-state index contributed by atoms with van der Waals surface area (Å²) in [6.07, 6.45) is 3.39. The first-order valence-corrected chi connectivity index (χ1v) is 5.93. The van der Waals surface area contributed by atoms with E-state index in [9.17, 15) is 4.79 Å². The molecule has 0 saturated carbocycles. The van der Waals surface area contributed by atoms with Gasteiger partial charge in [0.2, 0.25) is 5.88 Å². The van der Waals surface area contributed by atoms with Crippen LogP contribution in [0.4, 0.5) is 0 Å². The third-order valence-electron chi connectivity index (χ3n) is 2.71. The molecule has 20 heavy (non-hydrogen) atoms. The third-order valence-corrected chi connectivity index (χ3v) is 2.71. The van der Waals surface area contributed by atoms with Crippen LogP contribution < -0.4 is 4.74 Å². The lowest BCUT2D eigenvalue weighted by molar-refractivity contribution is 0.0600. The fourth-order valence-electron chi connectivity index (χ4n) is 1.78. The van der Waals surface area contributed by atoms with Crippen LogP contribution in [0, 0.1) is 0 Å². The molecule has 0 radical (unpaired) electrons. The Labute approximate surface area is 114 Å². The number of esters is 1. The predicted molar refractivity (Wildman–Crippen MR) is 70.8 cm³/mol. The summed E-state index contributed by atoms with van der Waals surface area (Å²) in [5, 5.41) is 4.24. The zero-order valence-corrected chi connectivity index (χ0v) is 10.7. The molecule has 0 aliphatic rings. The van der Waals surface area contributed by atoms with Gasteiger partial charge in [0.1, 0.15) is 5.75 Å². The number of hydrogen-bond donors (Lipinski definition) is 0. The molecular weight excluding hydrogens is 258 g/mol. The molecule has 0 aliphatic heterocycles. The average Bonchev–Trinajstić information content (AvgIpc) is 2.94. The lowest BCUT2D eigenvalue weighted by Crippen LogP contribution is -2.01. The molecule has 0 unspecified atom stereocenters. The maximum atomic E-state index is 11.5. The molecule has 3 rings (SSSR count). The smallest absolute Gasteiger partial charge is 0.337 e. The fraction of sp³-hybridized carbons (Fsp3) is 0.0714. The Morgan fingerprint density at radius 2 is 2.15 bits per heavy atom. The number of carbonyl (C=O) groups is 1. The molecule has 3 aromatic rings. The summed E-state index contributed by atoms with van der Waals surface area (Å²) in [5.41, 5.74) is 1.16. The largest absolute Gasteiger partial charge is 0.465 e. The van der Waals surface area contributed by atoms with Gasteiger partial charge in [0.25, 0.3) is 0 Å². The van der Waals surface area contributed by atoms with E-state index in [0.29, 0.717) is 17.2 Å². The Morgan fingerprint density at radius 3 is 3.00 bits per heavy atom. The predicted octanol–water partition coefficient (Wildman–Crippen LogP) is 2.31. The molecule has 0 spiro atoms. The van der Waals surface area contributed by atoms with Crippen molar-refractivity contribution in [3.8, 4) is 11.6 Å². The Hall–Kier alpha value is -2.89. The van der Waals surface area contributed by atoms with Crippen LogP contribution >= 0.6 is 0 Å². The Balaban J connectivity index is 1.88. The maximum absolute atomic E-state index is 11.5. The maximum Gasteiger partial charge on any atom is 0.337 e. The summed E-state index contributed by atoms with van der Waals surface area (Å²) in [4.78, 5) is 15.6. The van der Waals surface area contributed by atoms with Crippen molar-refractivity contribution < 1.29 is 14.3 Å². The van der Waals surface area contributed by atoms with Gasteiger partial charge >= 0.3 is 5.97 Å². The van der Waals surface area contributed by atoms with Crippen molar-refractivity contribution in [2.45, 2.75) is 0 Å². The second-order valence-electron chi connectivity index (χ2n) is 4.02. The van der Waals surface area contributed by atoms with Crippen molar-refractivity contribution in [1.82, 2.24) is 14.6 Å². The molecule has 0 bridgehead atoms. The minimum absolute atomic E-state index is 0.409. The van der Waals surface area contributed by atoms with Gasteiger partial charge in [-0.25, -0.2) is 14.3 Å². The molecule has 100 valence electrons. The minimum atomic E-state index is -0.409. The van der Waals surface area contributed by atoms with Gasteiger partial charge in [-0.15, -0.1) is 5.10 Å². The van der Waals surface area contributed by atoms with Crippen LogP contribution in [0.15, 0.2) is 48.8 Å². The number of fused-ring (bicyclic) bond motifs is 1. The number of methoxy groups -OCH3 is 1. The van der Waals surface area contributed by atoms with E-state index in [1.807, 2.05) is 0 Å². The molecule has 0 atom stereocenters. The average molecular weight is 269 g/mol. The van der Waals surface area contributed by atoms with Crippen LogP contribution in [-0.4, -0.2) is 27.7 Å². The zero-order chi connectivity index (χ0) is 13.9. The highest BCUT2D eigenvalue weighted by Crippen LogP contribution is 2.20. The van der Waals surface area contributed by atoms with E-state index in [1.54, 1.807) is 53.3 Å². The second-order valence-corrected chi connectivity index (χ2v) is 4.02. The third kappa shape index (κ3) is 2.31. The van der Waals surface area contributed by atoms with E-state index in [2.05, 4.69) is 14.8 Å². The van der Waals surface area contributed by atoms with Gasteiger partial charge in [0.05, 0.1) is 12.7 Å². The van der Waals surface area contributed by atoms with E-state index < -0.39 is 5.97 Å². The second kappa shape index (κ2) is 5.00. The summed E-state index contributed by atoms with van der Waals surface area (Å²) < 4.78 is 11.9. The summed E-state index contributed by atoms with van der Waals surface area (Å²) in [7, 11) is 1.34. The van der Waals surface area contributed by atoms with E-state index in [0.717, 1.165) is 5.65 Å². The van der Waals surface area contributed by atoms with E-state index in [4.69, 9.17) is 4.74 Å². The molecule has 6 heteroatoms. The standard InChI is InChI=1S/C14H11N3O3/c1-19-14(18)10-3-2-4-11(9-10)20-13-6-5-12-15-7-8-17(12)16-13/h2-9H,1H3. The van der Waals surface area contributed by atoms with Crippen LogP contribution in [0.3, 0.4) is 0 Å². The van der Waals surface area contributed by atoms with Crippen LogP contribution in [0.1, 0.15) is 10.4 Å². The van der Waals surface area contributed by atoms with Gasteiger partial charge < -0.3 is 9.47 Å². The number of rotatable bonds is 3. The fourth-order valence-corrected chi connectivity index (χ4v) is 1.78. The molecule has 0 aliphatic carbocycles. The lowest BCUT2D eigenvalue weighted by Gasteiger charge is -2.06. The molecule has 0 fully saturated rings. The van der Waals surface area contributed by atoms with Gasteiger partial charge in [-0.1, -0.05) is 6.07 Å². The van der Waals surface area contributed by atoms with E-state index in [-0.39, 0.29) is 0 Å². The van der Waals surface area contributed by atoms with Crippen molar-refractivity contribution in [3.63, 3.8) is 0 Å². The number of ether oxygens (including phenoxy) is 2. The first kappa shape index (κ1) is 12.2. The van der Waals surface area contributed by atoms with E-state index >= 15 is 0 Å². The lowest BCUT2D eigenvalue weighted by atomic mass is 10.2. The molecular formula is C14H11N3O3. The Kier molecular flexibility index (Phi) is 3.04. The van der Waals surface area contributed by atoms with Crippen LogP contribution in [0.25, 0.3) is 5.65 Å². The minimum Gasteiger partial charge on any atom is -0.465 e. The number of carbonyl (C=O) groups excluding carboxylic acids is 1. The summed E-state index contributed by atoms with van der Waals surface area (Å²) >= 11 is 0. The molecule has 0 N–H and O–H groups in total. The van der Waals surface area contributed by atoms with Gasteiger partial charge in [-0.2, -0.15) is 0 Å². The molecule has 2 aromatic heterocycles. The van der Waals surface area contributed by atoms with Gasteiger partial charge in [0, 0.05) is 18.5 Å². The van der Waals surface area contributed by atoms with Crippen molar-refractivity contribution in [1.29, 1.82) is 0 Å². The number of hydrogen-bond acceptors (Lipinski definition) is 5. The molecule has 0 saturated heterocycles.